The molecular weight excluding hydrogens is 414 g/mol. The molecule has 3 aromatic rings. The molecular formula is C16H11BrClN3O2S. The van der Waals surface area contributed by atoms with Gasteiger partial charge in [0.1, 0.15) is 0 Å². The molecule has 1 heterocycles. The topological polar surface area (TPSA) is 74.8 Å². The van der Waals surface area contributed by atoms with Crippen molar-refractivity contribution in [2.75, 3.05) is 11.1 Å². The van der Waals surface area contributed by atoms with Gasteiger partial charge >= 0.3 is 0 Å². The summed E-state index contributed by atoms with van der Waals surface area (Å²) in [5.41, 5.74) is 0.987. The molecule has 0 saturated heterocycles. The predicted molar refractivity (Wildman–Crippen MR) is 101 cm³/mol. The van der Waals surface area contributed by atoms with Gasteiger partial charge < -0.3 is 10.3 Å². The molecule has 1 aromatic heterocycles. The number of aromatic nitrogens is 2. The van der Waals surface area contributed by atoms with Crippen LogP contribution in [0, 0.1) is 0 Å². The van der Waals surface area contributed by atoms with Crippen molar-refractivity contribution in [1.29, 1.82) is 0 Å². The number of nitrogens with zero attached hydrogens (tertiary/aromatic N) is 1. The van der Waals surface area contributed by atoms with Crippen molar-refractivity contribution in [3.63, 3.8) is 0 Å². The first-order valence-corrected chi connectivity index (χ1v) is 9.05. The molecule has 2 N–H and O–H groups in total. The van der Waals surface area contributed by atoms with E-state index in [0.29, 0.717) is 26.8 Å². The SMILES string of the molecule is O=C(CSc1nc2ccccc2c(=O)[nH]1)Nc1ccc(Br)c(Cl)c1. The van der Waals surface area contributed by atoms with Crippen molar-refractivity contribution >= 4 is 61.8 Å². The lowest BCUT2D eigenvalue weighted by Crippen LogP contribution is -2.15. The number of benzene rings is 2. The van der Waals surface area contributed by atoms with Crippen LogP contribution in [0.2, 0.25) is 5.02 Å². The Hall–Kier alpha value is -1.83. The molecule has 0 unspecified atom stereocenters. The Morgan fingerprint density at radius 3 is 2.88 bits per heavy atom. The minimum absolute atomic E-state index is 0.120. The summed E-state index contributed by atoms with van der Waals surface area (Å²) in [6.45, 7) is 0. The minimum atomic E-state index is -0.219. The first-order chi connectivity index (χ1) is 11.5. The van der Waals surface area contributed by atoms with Crippen LogP contribution in [0.1, 0.15) is 0 Å². The van der Waals surface area contributed by atoms with Gasteiger partial charge in [-0.1, -0.05) is 35.5 Å². The van der Waals surface area contributed by atoms with Crippen LogP contribution in [-0.4, -0.2) is 21.6 Å². The smallest absolute Gasteiger partial charge is 0.259 e. The molecule has 5 nitrogen and oxygen atoms in total. The zero-order valence-corrected chi connectivity index (χ0v) is 15.3. The Morgan fingerprint density at radius 2 is 2.08 bits per heavy atom. The number of halogens is 2. The van der Waals surface area contributed by atoms with Crippen molar-refractivity contribution < 1.29 is 4.79 Å². The highest BCUT2D eigenvalue weighted by molar-refractivity contribution is 9.10. The lowest BCUT2D eigenvalue weighted by Gasteiger charge is -2.06. The average Bonchev–Trinajstić information content (AvgIpc) is 2.56. The lowest BCUT2D eigenvalue weighted by atomic mass is 10.2. The van der Waals surface area contributed by atoms with Crippen LogP contribution in [0.5, 0.6) is 0 Å². The number of rotatable bonds is 4. The van der Waals surface area contributed by atoms with Crippen LogP contribution in [-0.2, 0) is 4.79 Å². The molecule has 24 heavy (non-hydrogen) atoms. The van der Waals surface area contributed by atoms with Crippen LogP contribution in [0.25, 0.3) is 10.9 Å². The van der Waals surface area contributed by atoms with Crippen LogP contribution < -0.4 is 10.9 Å². The third-order valence-electron chi connectivity index (χ3n) is 3.13. The molecule has 0 atom stereocenters. The van der Waals surface area contributed by atoms with Crippen molar-refractivity contribution in [2.24, 2.45) is 0 Å². The van der Waals surface area contributed by atoms with Crippen LogP contribution in [0.4, 0.5) is 5.69 Å². The molecule has 0 aliphatic rings. The lowest BCUT2D eigenvalue weighted by molar-refractivity contribution is -0.113. The summed E-state index contributed by atoms with van der Waals surface area (Å²) >= 11 is 10.4. The number of para-hydroxylation sites is 1. The van der Waals surface area contributed by atoms with E-state index in [2.05, 4.69) is 31.2 Å². The Morgan fingerprint density at radius 1 is 1.29 bits per heavy atom. The van der Waals surface area contributed by atoms with E-state index in [1.54, 1.807) is 36.4 Å². The summed E-state index contributed by atoms with van der Waals surface area (Å²) in [6, 6.07) is 12.2. The number of aromatic amines is 1. The van der Waals surface area contributed by atoms with Crippen molar-refractivity contribution in [2.45, 2.75) is 5.16 Å². The third kappa shape index (κ3) is 3.98. The normalized spacial score (nSPS) is 10.8. The number of fused-ring (bicyclic) bond motifs is 1. The largest absolute Gasteiger partial charge is 0.325 e. The number of nitrogens with one attached hydrogen (secondary N) is 2. The Balaban J connectivity index is 1.68. The molecule has 0 aliphatic heterocycles. The van der Waals surface area contributed by atoms with Gasteiger partial charge in [0.15, 0.2) is 5.16 Å². The molecule has 0 fully saturated rings. The van der Waals surface area contributed by atoms with E-state index in [1.165, 1.54) is 0 Å². The van der Waals surface area contributed by atoms with Gasteiger partial charge in [0, 0.05) is 10.2 Å². The van der Waals surface area contributed by atoms with E-state index in [0.717, 1.165) is 16.2 Å². The third-order valence-corrected chi connectivity index (χ3v) is 5.24. The van der Waals surface area contributed by atoms with Gasteiger partial charge in [-0.2, -0.15) is 0 Å². The number of hydrogen-bond donors (Lipinski definition) is 2. The second-order valence-corrected chi connectivity index (χ2v) is 7.08. The Kier molecular flexibility index (Phi) is 5.23. The predicted octanol–water partition coefficient (Wildman–Crippen LogP) is 4.07. The fourth-order valence-electron chi connectivity index (χ4n) is 2.04. The number of thioether (sulfide) groups is 1. The molecule has 3 rings (SSSR count). The summed E-state index contributed by atoms with van der Waals surface area (Å²) in [7, 11) is 0. The van der Waals surface area contributed by atoms with Gasteiger partial charge in [-0.25, -0.2) is 4.98 Å². The highest BCUT2D eigenvalue weighted by Crippen LogP contribution is 2.25. The zero-order chi connectivity index (χ0) is 17.1. The van der Waals surface area contributed by atoms with E-state index in [1.807, 2.05) is 6.07 Å². The molecule has 122 valence electrons. The fraction of sp³-hybridized carbons (Fsp3) is 0.0625. The molecule has 0 saturated carbocycles. The number of H-pyrrole nitrogens is 1. The van der Waals surface area contributed by atoms with Crippen molar-refractivity contribution in [1.82, 2.24) is 9.97 Å². The fourth-order valence-corrected chi connectivity index (χ4v) is 3.13. The quantitative estimate of drug-likeness (QED) is 0.489. The number of anilines is 1. The Bertz CT molecular complexity index is 977. The molecule has 0 aliphatic carbocycles. The van der Waals surface area contributed by atoms with Crippen LogP contribution in [0.15, 0.2) is 56.9 Å². The molecule has 0 bridgehead atoms. The molecule has 1 amide bonds. The number of carbonyl (C=O) groups excluding carboxylic acids is 1. The summed E-state index contributed by atoms with van der Waals surface area (Å²) in [4.78, 5) is 31.0. The van der Waals surface area contributed by atoms with E-state index in [-0.39, 0.29) is 17.2 Å². The van der Waals surface area contributed by atoms with Crippen LogP contribution >= 0.6 is 39.3 Å². The molecule has 0 radical (unpaired) electrons. The Labute approximate surface area is 155 Å². The molecule has 2 aromatic carbocycles. The number of amides is 1. The summed E-state index contributed by atoms with van der Waals surface area (Å²) < 4.78 is 0.759. The summed E-state index contributed by atoms with van der Waals surface area (Å²) in [6.07, 6.45) is 0. The van der Waals surface area contributed by atoms with Gasteiger partial charge in [0.05, 0.1) is 21.7 Å². The summed E-state index contributed by atoms with van der Waals surface area (Å²) in [5, 5.41) is 4.19. The van der Waals surface area contributed by atoms with Gasteiger partial charge in [-0.15, -0.1) is 0 Å². The van der Waals surface area contributed by atoms with Crippen LogP contribution in [0.3, 0.4) is 0 Å². The maximum Gasteiger partial charge on any atom is 0.259 e. The van der Waals surface area contributed by atoms with E-state index in [9.17, 15) is 9.59 Å². The van der Waals surface area contributed by atoms with E-state index < -0.39 is 0 Å². The van der Waals surface area contributed by atoms with Crippen molar-refractivity contribution in [3.8, 4) is 0 Å². The average molecular weight is 425 g/mol. The standard InChI is InChI=1S/C16H11BrClN3O2S/c17-11-6-5-9(7-12(11)18)19-14(22)8-24-16-20-13-4-2-1-3-10(13)15(23)21-16/h1-7H,8H2,(H,19,22)(H,20,21,23). The maximum atomic E-state index is 12.0. The maximum absolute atomic E-state index is 12.0. The van der Waals surface area contributed by atoms with Crippen molar-refractivity contribution in [3.05, 3.63) is 62.3 Å². The first kappa shape index (κ1) is 17.0. The van der Waals surface area contributed by atoms with Gasteiger partial charge in [0.2, 0.25) is 5.91 Å². The van der Waals surface area contributed by atoms with Gasteiger partial charge in [-0.3, -0.25) is 9.59 Å². The second kappa shape index (κ2) is 7.38. The summed E-state index contributed by atoms with van der Waals surface area (Å²) in [5.74, 6) is -0.0937. The molecule has 0 spiro atoms. The molecule has 8 heteroatoms. The number of carbonyl (C=O) groups is 1. The highest BCUT2D eigenvalue weighted by Gasteiger charge is 2.08. The first-order valence-electron chi connectivity index (χ1n) is 6.90. The highest BCUT2D eigenvalue weighted by atomic mass is 79.9. The minimum Gasteiger partial charge on any atom is -0.325 e. The van der Waals surface area contributed by atoms with E-state index in [4.69, 9.17) is 11.6 Å². The number of hydrogen-bond acceptors (Lipinski definition) is 4. The second-order valence-electron chi connectivity index (χ2n) is 4.85. The zero-order valence-electron chi connectivity index (χ0n) is 12.2. The van der Waals surface area contributed by atoms with Gasteiger partial charge in [-0.05, 0) is 46.3 Å². The monoisotopic (exact) mass is 423 g/mol. The van der Waals surface area contributed by atoms with Gasteiger partial charge in [0.25, 0.3) is 5.56 Å². The van der Waals surface area contributed by atoms with E-state index >= 15 is 0 Å².